The fourth-order valence-electron chi connectivity index (χ4n) is 2.79. The van der Waals surface area contributed by atoms with Crippen LogP contribution in [-0.2, 0) is 14.6 Å². The molecular weight excluding hydrogens is 472 g/mol. The molecule has 1 aliphatic rings. The molecular formula is C18H22BrClN2O5S. The molecule has 1 unspecified atom stereocenters. The number of furan rings is 1. The second-order valence-electron chi connectivity index (χ2n) is 6.28. The van der Waals surface area contributed by atoms with E-state index in [1.165, 1.54) is 24.3 Å². The van der Waals surface area contributed by atoms with E-state index in [0.29, 0.717) is 19.8 Å². The standard InChI is InChI=1S/C18H21BrN2O5S.ClH/c1-13(21-8-10-25-11-9-21)12-20-18(22)16-6-7-17(26-16)27(23,24)15-4-2-14(19)3-5-15;/h2-7,13H,8-12H2,1H3,(H,20,22);1H. The minimum Gasteiger partial charge on any atom is -0.439 e. The Morgan fingerprint density at radius 1 is 1.18 bits per heavy atom. The van der Waals surface area contributed by atoms with Gasteiger partial charge >= 0.3 is 0 Å². The predicted molar refractivity (Wildman–Crippen MR) is 110 cm³/mol. The minimum atomic E-state index is -3.81. The van der Waals surface area contributed by atoms with Crippen LogP contribution in [0.5, 0.6) is 0 Å². The number of nitrogens with one attached hydrogen (secondary N) is 1. The number of carbonyl (C=O) groups excluding carboxylic acids is 1. The first kappa shape index (κ1) is 22.9. The number of sulfone groups is 1. The number of morpholine rings is 1. The summed E-state index contributed by atoms with van der Waals surface area (Å²) in [6.45, 7) is 5.49. The van der Waals surface area contributed by atoms with Gasteiger partial charge in [-0.05, 0) is 43.3 Å². The molecule has 2 aromatic rings. The van der Waals surface area contributed by atoms with Crippen molar-refractivity contribution >= 4 is 44.1 Å². The Balaban J connectivity index is 0.00000280. The highest BCUT2D eigenvalue weighted by Crippen LogP contribution is 2.24. The number of amides is 1. The Labute approximate surface area is 178 Å². The molecule has 2 heterocycles. The minimum absolute atomic E-state index is 0. The molecule has 0 radical (unpaired) electrons. The lowest BCUT2D eigenvalue weighted by atomic mass is 10.2. The Hall–Kier alpha value is -1.39. The lowest BCUT2D eigenvalue weighted by molar-refractivity contribution is 0.0203. The van der Waals surface area contributed by atoms with Gasteiger partial charge in [0, 0.05) is 30.1 Å². The number of nitrogens with zero attached hydrogens (tertiary/aromatic N) is 1. The Morgan fingerprint density at radius 3 is 2.46 bits per heavy atom. The van der Waals surface area contributed by atoms with E-state index in [0.717, 1.165) is 17.6 Å². The van der Waals surface area contributed by atoms with Crippen molar-refractivity contribution in [3.8, 4) is 0 Å². The molecule has 1 N–H and O–H groups in total. The normalized spacial score (nSPS) is 16.2. The number of benzene rings is 1. The third kappa shape index (κ3) is 5.36. The van der Waals surface area contributed by atoms with Gasteiger partial charge in [-0.3, -0.25) is 9.69 Å². The van der Waals surface area contributed by atoms with Crippen LogP contribution in [-0.4, -0.2) is 58.1 Å². The number of ether oxygens (including phenoxy) is 1. The molecule has 154 valence electrons. The largest absolute Gasteiger partial charge is 0.439 e. The van der Waals surface area contributed by atoms with Crippen LogP contribution in [0.3, 0.4) is 0 Å². The zero-order chi connectivity index (χ0) is 19.4. The van der Waals surface area contributed by atoms with Crippen molar-refractivity contribution in [3.05, 3.63) is 46.6 Å². The number of carbonyl (C=O) groups is 1. The SMILES string of the molecule is CC(CNC(=O)c1ccc(S(=O)(=O)c2ccc(Br)cc2)o1)N1CCOCC1.Cl. The van der Waals surface area contributed by atoms with Gasteiger partial charge in [0.25, 0.3) is 5.91 Å². The summed E-state index contributed by atoms with van der Waals surface area (Å²) in [7, 11) is -3.81. The molecule has 0 spiro atoms. The smallest absolute Gasteiger partial charge is 0.287 e. The van der Waals surface area contributed by atoms with Gasteiger partial charge in [0.1, 0.15) is 0 Å². The van der Waals surface area contributed by atoms with Crippen molar-refractivity contribution in [3.63, 3.8) is 0 Å². The zero-order valence-electron chi connectivity index (χ0n) is 15.3. The van der Waals surface area contributed by atoms with Crippen molar-refractivity contribution in [2.24, 2.45) is 0 Å². The van der Waals surface area contributed by atoms with E-state index in [9.17, 15) is 13.2 Å². The lowest BCUT2D eigenvalue weighted by Crippen LogP contribution is -2.47. The summed E-state index contributed by atoms with van der Waals surface area (Å²) in [5, 5.41) is 2.54. The average molecular weight is 494 g/mol. The monoisotopic (exact) mass is 492 g/mol. The molecule has 7 nitrogen and oxygen atoms in total. The van der Waals surface area contributed by atoms with Crippen LogP contribution >= 0.6 is 28.3 Å². The fraction of sp³-hybridized carbons (Fsp3) is 0.389. The number of hydrogen-bond donors (Lipinski definition) is 1. The Kier molecular flexibility index (Phi) is 8.08. The summed E-state index contributed by atoms with van der Waals surface area (Å²) in [5.74, 6) is -0.466. The number of rotatable bonds is 6. The molecule has 1 saturated heterocycles. The summed E-state index contributed by atoms with van der Waals surface area (Å²) >= 11 is 3.27. The highest BCUT2D eigenvalue weighted by Gasteiger charge is 2.24. The molecule has 1 amide bonds. The van der Waals surface area contributed by atoms with E-state index < -0.39 is 15.7 Å². The van der Waals surface area contributed by atoms with Gasteiger partial charge in [0.2, 0.25) is 14.9 Å². The van der Waals surface area contributed by atoms with Gasteiger partial charge < -0.3 is 14.5 Å². The maximum absolute atomic E-state index is 12.6. The fourth-order valence-corrected chi connectivity index (χ4v) is 4.23. The van der Waals surface area contributed by atoms with Crippen LogP contribution in [0.25, 0.3) is 0 Å². The summed E-state index contributed by atoms with van der Waals surface area (Å²) in [6.07, 6.45) is 0. The lowest BCUT2D eigenvalue weighted by Gasteiger charge is -2.32. The maximum atomic E-state index is 12.6. The molecule has 1 aromatic heterocycles. The highest BCUT2D eigenvalue weighted by molar-refractivity contribution is 9.10. The molecule has 0 bridgehead atoms. The summed E-state index contributed by atoms with van der Waals surface area (Å²) in [4.78, 5) is 14.6. The molecule has 10 heteroatoms. The quantitative estimate of drug-likeness (QED) is 0.666. The van der Waals surface area contributed by atoms with E-state index in [4.69, 9.17) is 9.15 Å². The third-order valence-corrected chi connectivity index (χ3v) is 6.59. The van der Waals surface area contributed by atoms with E-state index in [1.54, 1.807) is 12.1 Å². The molecule has 0 aliphatic carbocycles. The van der Waals surface area contributed by atoms with Gasteiger partial charge in [0.15, 0.2) is 5.76 Å². The van der Waals surface area contributed by atoms with Crippen molar-refractivity contribution in [1.82, 2.24) is 10.2 Å². The second kappa shape index (κ2) is 9.89. The first-order valence-electron chi connectivity index (χ1n) is 8.58. The van der Waals surface area contributed by atoms with Crippen molar-refractivity contribution in [1.29, 1.82) is 0 Å². The first-order chi connectivity index (χ1) is 12.9. The molecule has 1 fully saturated rings. The summed E-state index contributed by atoms with van der Waals surface area (Å²) in [6, 6.07) is 9.06. The number of halogens is 2. The van der Waals surface area contributed by atoms with E-state index in [2.05, 4.69) is 26.1 Å². The topological polar surface area (TPSA) is 88.8 Å². The van der Waals surface area contributed by atoms with Crippen LogP contribution < -0.4 is 5.32 Å². The van der Waals surface area contributed by atoms with Gasteiger partial charge in [-0.25, -0.2) is 8.42 Å². The van der Waals surface area contributed by atoms with E-state index >= 15 is 0 Å². The molecule has 1 aliphatic heterocycles. The van der Waals surface area contributed by atoms with Crippen molar-refractivity contribution in [2.45, 2.75) is 23.0 Å². The molecule has 3 rings (SSSR count). The van der Waals surface area contributed by atoms with E-state index in [1.807, 2.05) is 6.92 Å². The van der Waals surface area contributed by atoms with Crippen molar-refractivity contribution in [2.75, 3.05) is 32.8 Å². The molecule has 0 saturated carbocycles. The second-order valence-corrected chi connectivity index (χ2v) is 9.08. The van der Waals surface area contributed by atoms with Crippen LogP contribution in [0.15, 0.2) is 55.3 Å². The van der Waals surface area contributed by atoms with Crippen LogP contribution in [0.1, 0.15) is 17.5 Å². The molecule has 1 atom stereocenters. The molecule has 1 aromatic carbocycles. The Bertz CT molecular complexity index is 895. The predicted octanol–water partition coefficient (Wildman–Crippen LogP) is 2.75. The molecule has 28 heavy (non-hydrogen) atoms. The summed E-state index contributed by atoms with van der Waals surface area (Å²) < 4.78 is 36.6. The Morgan fingerprint density at radius 2 is 1.82 bits per heavy atom. The summed E-state index contributed by atoms with van der Waals surface area (Å²) in [5.41, 5.74) is 0. The average Bonchev–Trinajstić information content (AvgIpc) is 3.18. The zero-order valence-corrected chi connectivity index (χ0v) is 18.5. The van der Waals surface area contributed by atoms with Gasteiger partial charge in [-0.15, -0.1) is 12.4 Å². The van der Waals surface area contributed by atoms with Crippen LogP contribution in [0.2, 0.25) is 0 Å². The highest BCUT2D eigenvalue weighted by atomic mass is 79.9. The van der Waals surface area contributed by atoms with Crippen molar-refractivity contribution < 1.29 is 22.4 Å². The van der Waals surface area contributed by atoms with Gasteiger partial charge in [0.05, 0.1) is 18.1 Å². The third-order valence-electron chi connectivity index (χ3n) is 4.42. The first-order valence-corrected chi connectivity index (χ1v) is 10.9. The van der Waals surface area contributed by atoms with Crippen LogP contribution in [0.4, 0.5) is 0 Å². The van der Waals surface area contributed by atoms with Gasteiger partial charge in [-0.2, -0.15) is 0 Å². The van der Waals surface area contributed by atoms with E-state index in [-0.39, 0.29) is 34.2 Å². The number of hydrogen-bond acceptors (Lipinski definition) is 6. The maximum Gasteiger partial charge on any atom is 0.287 e. The van der Waals surface area contributed by atoms with Gasteiger partial charge in [-0.1, -0.05) is 15.9 Å². The van der Waals surface area contributed by atoms with Crippen LogP contribution in [0, 0.1) is 0 Å².